The fourth-order valence-electron chi connectivity index (χ4n) is 2.25. The number of hydrogen-bond donors (Lipinski definition) is 0. The Kier molecular flexibility index (Phi) is 5.09. The minimum Gasteiger partial charge on any atom is -0.304 e. The van der Waals surface area contributed by atoms with Crippen molar-refractivity contribution in [3.8, 4) is 0 Å². The lowest BCUT2D eigenvalue weighted by Gasteiger charge is -2.31. The first kappa shape index (κ1) is 17.2. The van der Waals surface area contributed by atoms with Gasteiger partial charge in [-0.15, -0.1) is 0 Å². The van der Waals surface area contributed by atoms with Gasteiger partial charge in [-0.05, 0) is 19.2 Å². The van der Waals surface area contributed by atoms with Gasteiger partial charge < -0.3 is 4.90 Å². The molecule has 0 aliphatic carbocycles. The number of likely N-dealkylation sites (N-methyl/N-ethyl adjacent to an activating group) is 1. The summed E-state index contributed by atoms with van der Waals surface area (Å²) in [5.41, 5.74) is -1.74. The maximum absolute atomic E-state index is 13.9. The molecule has 0 spiro atoms. The molecular formula is C14H15ClF4N2O. The van der Waals surface area contributed by atoms with Crippen molar-refractivity contribution in [1.82, 2.24) is 9.80 Å². The van der Waals surface area contributed by atoms with Crippen LogP contribution in [0.4, 0.5) is 17.6 Å². The van der Waals surface area contributed by atoms with E-state index < -0.39 is 33.9 Å². The molecule has 0 aromatic heterocycles. The summed E-state index contributed by atoms with van der Waals surface area (Å²) in [6.45, 7) is 2.59. The molecule has 0 unspecified atom stereocenters. The van der Waals surface area contributed by atoms with Crippen molar-refractivity contribution < 1.29 is 22.4 Å². The summed E-state index contributed by atoms with van der Waals surface area (Å²) in [4.78, 5) is 16.0. The number of hydrogen-bond acceptors (Lipinski definition) is 3. The van der Waals surface area contributed by atoms with Crippen LogP contribution in [0.15, 0.2) is 12.1 Å². The first-order valence-corrected chi connectivity index (χ1v) is 7.06. The second-order valence-corrected chi connectivity index (χ2v) is 5.73. The first-order chi connectivity index (χ1) is 10.2. The SMILES string of the molecule is CN1CCN(CC(=O)c2cc(C(F)(F)F)cc(Cl)c2F)CC1. The molecule has 1 aliphatic heterocycles. The molecule has 3 nitrogen and oxygen atoms in total. The zero-order chi connectivity index (χ0) is 16.5. The molecule has 22 heavy (non-hydrogen) atoms. The van der Waals surface area contributed by atoms with Crippen LogP contribution >= 0.6 is 11.6 Å². The third-order valence-corrected chi connectivity index (χ3v) is 3.89. The zero-order valence-electron chi connectivity index (χ0n) is 11.9. The summed E-state index contributed by atoms with van der Waals surface area (Å²) in [7, 11) is 1.94. The number of carbonyl (C=O) groups is 1. The van der Waals surface area contributed by atoms with Crippen molar-refractivity contribution in [2.24, 2.45) is 0 Å². The maximum Gasteiger partial charge on any atom is 0.416 e. The van der Waals surface area contributed by atoms with Crippen LogP contribution in [0.1, 0.15) is 15.9 Å². The topological polar surface area (TPSA) is 23.6 Å². The van der Waals surface area contributed by atoms with E-state index in [2.05, 4.69) is 4.90 Å². The van der Waals surface area contributed by atoms with Gasteiger partial charge in [-0.3, -0.25) is 9.69 Å². The number of alkyl halides is 3. The molecule has 1 aliphatic rings. The monoisotopic (exact) mass is 338 g/mol. The second-order valence-electron chi connectivity index (χ2n) is 5.32. The highest BCUT2D eigenvalue weighted by atomic mass is 35.5. The van der Waals surface area contributed by atoms with Crippen LogP contribution < -0.4 is 0 Å². The van der Waals surface area contributed by atoms with Crippen molar-refractivity contribution in [1.29, 1.82) is 0 Å². The number of benzene rings is 1. The smallest absolute Gasteiger partial charge is 0.304 e. The molecule has 1 aromatic rings. The predicted octanol–water partition coefficient (Wildman–Crippen LogP) is 2.93. The number of ketones is 1. The van der Waals surface area contributed by atoms with Gasteiger partial charge in [-0.25, -0.2) is 4.39 Å². The zero-order valence-corrected chi connectivity index (χ0v) is 12.6. The highest BCUT2D eigenvalue weighted by molar-refractivity contribution is 6.31. The Balaban J connectivity index is 2.20. The number of halogens is 5. The number of rotatable bonds is 3. The van der Waals surface area contributed by atoms with Gasteiger partial charge >= 0.3 is 6.18 Å². The number of piperazine rings is 1. The Hall–Kier alpha value is -1.18. The minimum atomic E-state index is -4.68. The van der Waals surface area contributed by atoms with Crippen LogP contribution in [-0.2, 0) is 6.18 Å². The van der Waals surface area contributed by atoms with Gasteiger partial charge in [0.15, 0.2) is 11.6 Å². The fourth-order valence-corrected chi connectivity index (χ4v) is 2.47. The molecule has 0 N–H and O–H groups in total. The van der Waals surface area contributed by atoms with Crippen LogP contribution in [0.2, 0.25) is 5.02 Å². The lowest BCUT2D eigenvalue weighted by Crippen LogP contribution is -2.46. The molecule has 1 saturated heterocycles. The maximum atomic E-state index is 13.9. The van der Waals surface area contributed by atoms with E-state index in [9.17, 15) is 22.4 Å². The molecule has 1 fully saturated rings. The third kappa shape index (κ3) is 3.97. The van der Waals surface area contributed by atoms with Crippen LogP contribution in [0, 0.1) is 5.82 Å². The molecule has 122 valence electrons. The molecule has 1 aromatic carbocycles. The fraction of sp³-hybridized carbons (Fsp3) is 0.500. The van der Waals surface area contributed by atoms with Crippen molar-refractivity contribution in [2.75, 3.05) is 39.8 Å². The molecule has 1 heterocycles. The van der Waals surface area contributed by atoms with E-state index in [1.807, 2.05) is 7.05 Å². The van der Waals surface area contributed by atoms with Crippen LogP contribution in [0.3, 0.4) is 0 Å². The predicted molar refractivity (Wildman–Crippen MR) is 74.7 cm³/mol. The Morgan fingerprint density at radius 3 is 2.36 bits per heavy atom. The number of Topliss-reactive ketones (excluding diaryl/α,β-unsaturated/α-hetero) is 1. The van der Waals surface area contributed by atoms with E-state index in [0.29, 0.717) is 25.2 Å². The van der Waals surface area contributed by atoms with Gasteiger partial charge in [0.1, 0.15) is 0 Å². The van der Waals surface area contributed by atoms with Crippen LogP contribution in [0.25, 0.3) is 0 Å². The van der Waals surface area contributed by atoms with E-state index in [-0.39, 0.29) is 6.54 Å². The molecule has 0 radical (unpaired) electrons. The van der Waals surface area contributed by atoms with Gasteiger partial charge in [0.05, 0.1) is 22.7 Å². The number of nitrogens with zero attached hydrogens (tertiary/aromatic N) is 2. The Morgan fingerprint density at radius 1 is 1.23 bits per heavy atom. The summed E-state index contributed by atoms with van der Waals surface area (Å²) >= 11 is 5.48. The van der Waals surface area contributed by atoms with Crippen molar-refractivity contribution in [2.45, 2.75) is 6.18 Å². The van der Waals surface area contributed by atoms with Crippen molar-refractivity contribution in [3.63, 3.8) is 0 Å². The highest BCUT2D eigenvalue weighted by Gasteiger charge is 2.33. The van der Waals surface area contributed by atoms with E-state index in [4.69, 9.17) is 11.6 Å². The van der Waals surface area contributed by atoms with Gasteiger partial charge in [-0.2, -0.15) is 13.2 Å². The highest BCUT2D eigenvalue weighted by Crippen LogP contribution is 2.33. The average Bonchev–Trinajstić information content (AvgIpc) is 2.43. The van der Waals surface area contributed by atoms with Gasteiger partial charge in [0.2, 0.25) is 0 Å². The molecule has 0 saturated carbocycles. The van der Waals surface area contributed by atoms with Gasteiger partial charge in [-0.1, -0.05) is 11.6 Å². The van der Waals surface area contributed by atoms with Gasteiger partial charge in [0.25, 0.3) is 0 Å². The van der Waals surface area contributed by atoms with Crippen LogP contribution in [-0.4, -0.2) is 55.4 Å². The summed E-state index contributed by atoms with van der Waals surface area (Å²) in [6, 6.07) is 1.02. The third-order valence-electron chi connectivity index (χ3n) is 3.62. The lowest BCUT2D eigenvalue weighted by atomic mass is 10.1. The van der Waals surface area contributed by atoms with E-state index in [1.165, 1.54) is 0 Å². The first-order valence-electron chi connectivity index (χ1n) is 6.69. The number of carbonyl (C=O) groups excluding carboxylic acids is 1. The van der Waals surface area contributed by atoms with E-state index in [0.717, 1.165) is 13.1 Å². The molecular weight excluding hydrogens is 324 g/mol. The molecule has 2 rings (SSSR count). The Morgan fingerprint density at radius 2 is 1.82 bits per heavy atom. The summed E-state index contributed by atoms with van der Waals surface area (Å²) in [5.74, 6) is -1.80. The standard InChI is InChI=1S/C14H15ClF4N2O/c1-20-2-4-21(5-3-20)8-12(22)10-6-9(14(17,18)19)7-11(15)13(10)16/h6-7H,2-5,8H2,1H3. The normalized spacial score (nSPS) is 17.7. The Bertz CT molecular complexity index is 569. The molecule has 8 heteroatoms. The average molecular weight is 339 g/mol. The summed E-state index contributed by atoms with van der Waals surface area (Å²) < 4.78 is 52.1. The largest absolute Gasteiger partial charge is 0.416 e. The summed E-state index contributed by atoms with van der Waals surface area (Å²) in [6.07, 6.45) is -4.68. The van der Waals surface area contributed by atoms with Crippen molar-refractivity contribution in [3.05, 3.63) is 34.1 Å². The molecule has 0 atom stereocenters. The lowest BCUT2D eigenvalue weighted by molar-refractivity contribution is -0.137. The Labute approximate surface area is 130 Å². The summed E-state index contributed by atoms with van der Waals surface area (Å²) in [5, 5.41) is -0.698. The minimum absolute atomic E-state index is 0.123. The van der Waals surface area contributed by atoms with E-state index in [1.54, 1.807) is 4.90 Å². The quantitative estimate of drug-likeness (QED) is 0.625. The van der Waals surface area contributed by atoms with Gasteiger partial charge in [0, 0.05) is 26.2 Å². The molecule has 0 amide bonds. The van der Waals surface area contributed by atoms with E-state index >= 15 is 0 Å². The van der Waals surface area contributed by atoms with Crippen LogP contribution in [0.5, 0.6) is 0 Å². The van der Waals surface area contributed by atoms with Crippen molar-refractivity contribution >= 4 is 17.4 Å². The second kappa shape index (κ2) is 6.52. The molecule has 0 bridgehead atoms.